The van der Waals surface area contributed by atoms with Gasteiger partial charge in [-0.3, -0.25) is 0 Å². The van der Waals surface area contributed by atoms with Crippen molar-refractivity contribution in [2.45, 2.75) is 19.1 Å². The first kappa shape index (κ1) is 18.7. The standard InChI is InChI=1S/C22H22N2O3S/c1-22(25,14-23-13-16-6-3-2-4-7-16)15-26-18-9-5-8-17(12-18)20-21-19(27-24-20)10-11-28-21/h2-12,23,25H,13-15H2,1H3/t22-/m1/s1. The van der Waals surface area contributed by atoms with E-state index in [9.17, 15) is 5.11 Å². The summed E-state index contributed by atoms with van der Waals surface area (Å²) in [6.07, 6.45) is 0. The predicted molar refractivity (Wildman–Crippen MR) is 112 cm³/mol. The van der Waals surface area contributed by atoms with Gasteiger partial charge in [-0.1, -0.05) is 47.6 Å². The Hall–Kier alpha value is -2.67. The quantitative estimate of drug-likeness (QED) is 0.461. The third-order valence-corrected chi connectivity index (χ3v) is 5.32. The summed E-state index contributed by atoms with van der Waals surface area (Å²) in [7, 11) is 0. The van der Waals surface area contributed by atoms with Gasteiger partial charge < -0.3 is 19.7 Å². The summed E-state index contributed by atoms with van der Waals surface area (Å²) in [5.41, 5.74) is 2.73. The number of nitrogens with zero attached hydrogens (tertiary/aromatic N) is 1. The van der Waals surface area contributed by atoms with Crippen LogP contribution in [-0.2, 0) is 6.54 Å². The summed E-state index contributed by atoms with van der Waals surface area (Å²) in [4.78, 5) is 0. The van der Waals surface area contributed by atoms with Crippen LogP contribution in [0.2, 0.25) is 0 Å². The lowest BCUT2D eigenvalue weighted by molar-refractivity contribution is 0.0121. The molecule has 0 saturated carbocycles. The Morgan fingerprint density at radius 1 is 1.14 bits per heavy atom. The highest BCUT2D eigenvalue weighted by atomic mass is 32.1. The van der Waals surface area contributed by atoms with Gasteiger partial charge in [-0.05, 0) is 36.1 Å². The van der Waals surface area contributed by atoms with Crippen LogP contribution in [0.15, 0.2) is 70.6 Å². The molecule has 0 radical (unpaired) electrons. The molecule has 2 aromatic heterocycles. The van der Waals surface area contributed by atoms with E-state index in [1.54, 1.807) is 18.3 Å². The van der Waals surface area contributed by atoms with E-state index in [-0.39, 0.29) is 6.61 Å². The van der Waals surface area contributed by atoms with Gasteiger partial charge >= 0.3 is 0 Å². The highest BCUT2D eigenvalue weighted by Crippen LogP contribution is 2.33. The van der Waals surface area contributed by atoms with E-state index < -0.39 is 5.60 Å². The summed E-state index contributed by atoms with van der Waals surface area (Å²) >= 11 is 1.60. The minimum atomic E-state index is -0.986. The van der Waals surface area contributed by atoms with Crippen molar-refractivity contribution < 1.29 is 14.4 Å². The first-order chi connectivity index (χ1) is 13.6. The Kier molecular flexibility index (Phi) is 5.43. The number of hydrogen-bond acceptors (Lipinski definition) is 6. The lowest BCUT2D eigenvalue weighted by Crippen LogP contribution is -2.42. The summed E-state index contributed by atoms with van der Waals surface area (Å²) in [5.74, 6) is 0.688. The molecule has 0 aliphatic rings. The molecule has 0 saturated heterocycles. The summed E-state index contributed by atoms with van der Waals surface area (Å²) in [6, 6.07) is 19.7. The van der Waals surface area contributed by atoms with Crippen molar-refractivity contribution in [1.29, 1.82) is 0 Å². The minimum absolute atomic E-state index is 0.186. The van der Waals surface area contributed by atoms with Crippen LogP contribution in [0.3, 0.4) is 0 Å². The molecule has 0 amide bonds. The highest BCUT2D eigenvalue weighted by molar-refractivity contribution is 7.17. The molecule has 0 fully saturated rings. The molecule has 2 heterocycles. The third-order valence-electron chi connectivity index (χ3n) is 4.41. The molecule has 2 N–H and O–H groups in total. The van der Waals surface area contributed by atoms with Crippen LogP contribution in [0.1, 0.15) is 12.5 Å². The fourth-order valence-electron chi connectivity index (χ4n) is 2.96. The van der Waals surface area contributed by atoms with Crippen LogP contribution in [0.4, 0.5) is 0 Å². The van der Waals surface area contributed by atoms with Gasteiger partial charge in [0, 0.05) is 18.7 Å². The molecule has 0 bridgehead atoms. The normalized spacial score (nSPS) is 13.5. The first-order valence-electron chi connectivity index (χ1n) is 9.14. The second kappa shape index (κ2) is 8.14. The molecule has 0 spiro atoms. The van der Waals surface area contributed by atoms with Crippen LogP contribution < -0.4 is 10.1 Å². The number of rotatable bonds is 8. The Labute approximate surface area is 167 Å². The third kappa shape index (κ3) is 4.42. The van der Waals surface area contributed by atoms with Gasteiger partial charge in [0.2, 0.25) is 0 Å². The Balaban J connectivity index is 1.36. The van der Waals surface area contributed by atoms with Crippen LogP contribution in [0.25, 0.3) is 21.5 Å². The maximum atomic E-state index is 10.6. The van der Waals surface area contributed by atoms with Gasteiger partial charge in [0.15, 0.2) is 5.58 Å². The molecule has 0 aliphatic carbocycles. The van der Waals surface area contributed by atoms with Crippen LogP contribution >= 0.6 is 11.3 Å². The zero-order chi connectivity index (χ0) is 19.4. The van der Waals surface area contributed by atoms with Crippen molar-refractivity contribution in [3.05, 3.63) is 71.6 Å². The van der Waals surface area contributed by atoms with Gasteiger partial charge in [0.25, 0.3) is 0 Å². The lowest BCUT2D eigenvalue weighted by Gasteiger charge is -2.24. The van der Waals surface area contributed by atoms with E-state index in [1.165, 1.54) is 5.56 Å². The second-order valence-electron chi connectivity index (χ2n) is 7.05. The topological polar surface area (TPSA) is 67.5 Å². The van der Waals surface area contributed by atoms with Gasteiger partial charge in [-0.15, -0.1) is 11.3 Å². The molecule has 6 heteroatoms. The monoisotopic (exact) mass is 394 g/mol. The number of thiophene rings is 1. The number of aliphatic hydroxyl groups is 1. The molecule has 1 atom stereocenters. The predicted octanol–water partition coefficient (Wildman–Crippen LogP) is 4.48. The van der Waals surface area contributed by atoms with Crippen molar-refractivity contribution in [3.8, 4) is 17.0 Å². The van der Waals surface area contributed by atoms with E-state index in [0.29, 0.717) is 18.8 Å². The number of aromatic nitrogens is 1. The molecule has 0 unspecified atom stereocenters. The highest BCUT2D eigenvalue weighted by Gasteiger charge is 2.21. The maximum absolute atomic E-state index is 10.6. The van der Waals surface area contributed by atoms with E-state index >= 15 is 0 Å². The summed E-state index contributed by atoms with van der Waals surface area (Å²) in [5, 5.41) is 20.0. The number of fused-ring (bicyclic) bond motifs is 1. The Bertz CT molecular complexity index is 1040. The van der Waals surface area contributed by atoms with Gasteiger partial charge in [0.1, 0.15) is 28.4 Å². The van der Waals surface area contributed by atoms with Crippen molar-refractivity contribution in [2.75, 3.05) is 13.2 Å². The number of ether oxygens (including phenoxy) is 1. The van der Waals surface area contributed by atoms with E-state index in [0.717, 1.165) is 21.5 Å². The van der Waals surface area contributed by atoms with Gasteiger partial charge in [0.05, 0.1) is 0 Å². The van der Waals surface area contributed by atoms with Gasteiger partial charge in [-0.25, -0.2) is 0 Å². The Morgan fingerprint density at radius 3 is 2.86 bits per heavy atom. The van der Waals surface area contributed by atoms with Crippen molar-refractivity contribution in [2.24, 2.45) is 0 Å². The summed E-state index contributed by atoms with van der Waals surface area (Å²) in [6.45, 7) is 3.09. The van der Waals surface area contributed by atoms with Gasteiger partial charge in [-0.2, -0.15) is 0 Å². The van der Waals surface area contributed by atoms with Crippen molar-refractivity contribution in [3.63, 3.8) is 0 Å². The molecule has 5 nitrogen and oxygen atoms in total. The molecule has 144 valence electrons. The molecule has 0 aliphatic heterocycles. The largest absolute Gasteiger partial charge is 0.491 e. The first-order valence-corrected chi connectivity index (χ1v) is 10.0. The maximum Gasteiger partial charge on any atom is 0.178 e. The molecule has 2 aromatic carbocycles. The summed E-state index contributed by atoms with van der Waals surface area (Å²) < 4.78 is 12.2. The molecule has 4 aromatic rings. The van der Waals surface area contributed by atoms with E-state index in [1.807, 2.05) is 53.9 Å². The van der Waals surface area contributed by atoms with E-state index in [4.69, 9.17) is 9.26 Å². The fourth-order valence-corrected chi connectivity index (χ4v) is 3.77. The second-order valence-corrected chi connectivity index (χ2v) is 7.96. The number of hydrogen-bond donors (Lipinski definition) is 2. The smallest absolute Gasteiger partial charge is 0.178 e. The Morgan fingerprint density at radius 2 is 2.00 bits per heavy atom. The lowest BCUT2D eigenvalue weighted by atomic mass is 10.1. The zero-order valence-corrected chi connectivity index (χ0v) is 16.4. The average Bonchev–Trinajstić information content (AvgIpc) is 3.31. The molecular weight excluding hydrogens is 372 g/mol. The molecular formula is C22H22N2O3S. The van der Waals surface area contributed by atoms with Crippen molar-refractivity contribution in [1.82, 2.24) is 10.5 Å². The SMILES string of the molecule is C[C@@](O)(CNCc1ccccc1)COc1cccc(-c2noc3ccsc23)c1. The zero-order valence-electron chi connectivity index (χ0n) is 15.6. The van der Waals surface area contributed by atoms with Crippen LogP contribution in [0.5, 0.6) is 5.75 Å². The molecule has 28 heavy (non-hydrogen) atoms. The van der Waals surface area contributed by atoms with E-state index in [2.05, 4.69) is 22.6 Å². The fraction of sp³-hybridized carbons (Fsp3) is 0.227. The molecule has 4 rings (SSSR count). The number of nitrogens with one attached hydrogen (secondary N) is 1. The van der Waals surface area contributed by atoms with Crippen LogP contribution in [-0.4, -0.2) is 29.0 Å². The van der Waals surface area contributed by atoms with Crippen molar-refractivity contribution >= 4 is 21.6 Å². The van der Waals surface area contributed by atoms with Crippen LogP contribution in [0, 0.1) is 0 Å². The minimum Gasteiger partial charge on any atom is -0.491 e. The average molecular weight is 394 g/mol. The number of benzene rings is 2.